The minimum atomic E-state index is -0.176. The van der Waals surface area contributed by atoms with E-state index >= 15 is 0 Å². The van der Waals surface area contributed by atoms with E-state index in [2.05, 4.69) is 24.2 Å². The molecule has 0 radical (unpaired) electrons. The molecule has 1 fully saturated rings. The molecule has 92 valence electrons. The van der Waals surface area contributed by atoms with Crippen LogP contribution in [0.3, 0.4) is 0 Å². The van der Waals surface area contributed by atoms with Crippen LogP contribution < -0.4 is 5.32 Å². The SMILES string of the molecule is CC1(C)CSC(=NCCc2cccc(F)c2)N1. The van der Waals surface area contributed by atoms with Crippen molar-refractivity contribution in [3.63, 3.8) is 0 Å². The topological polar surface area (TPSA) is 24.4 Å². The summed E-state index contributed by atoms with van der Waals surface area (Å²) in [4.78, 5) is 4.49. The molecule has 1 aliphatic rings. The number of hydrogen-bond donors (Lipinski definition) is 1. The smallest absolute Gasteiger partial charge is 0.157 e. The highest BCUT2D eigenvalue weighted by atomic mass is 32.2. The van der Waals surface area contributed by atoms with Gasteiger partial charge >= 0.3 is 0 Å². The van der Waals surface area contributed by atoms with Crippen molar-refractivity contribution >= 4 is 16.9 Å². The Hall–Kier alpha value is -1.03. The van der Waals surface area contributed by atoms with Gasteiger partial charge in [0, 0.05) is 17.8 Å². The lowest BCUT2D eigenvalue weighted by Crippen LogP contribution is -2.36. The summed E-state index contributed by atoms with van der Waals surface area (Å²) in [5.74, 6) is 0.871. The van der Waals surface area contributed by atoms with E-state index in [1.165, 1.54) is 6.07 Å². The largest absolute Gasteiger partial charge is 0.359 e. The zero-order chi connectivity index (χ0) is 12.3. The predicted molar refractivity (Wildman–Crippen MR) is 72.1 cm³/mol. The Morgan fingerprint density at radius 3 is 2.94 bits per heavy atom. The first-order valence-electron chi connectivity index (χ1n) is 5.75. The van der Waals surface area contributed by atoms with E-state index in [-0.39, 0.29) is 11.4 Å². The number of nitrogens with zero attached hydrogens (tertiary/aromatic N) is 1. The van der Waals surface area contributed by atoms with Gasteiger partial charge in [-0.3, -0.25) is 4.99 Å². The third-order valence-electron chi connectivity index (χ3n) is 2.56. The first kappa shape index (κ1) is 12.4. The lowest BCUT2D eigenvalue weighted by Gasteiger charge is -2.15. The monoisotopic (exact) mass is 252 g/mol. The van der Waals surface area contributed by atoms with Gasteiger partial charge in [0.25, 0.3) is 0 Å². The first-order valence-corrected chi connectivity index (χ1v) is 6.74. The van der Waals surface area contributed by atoms with Crippen LogP contribution in [0.1, 0.15) is 19.4 Å². The van der Waals surface area contributed by atoms with Gasteiger partial charge in [0.15, 0.2) is 5.17 Å². The highest BCUT2D eigenvalue weighted by Gasteiger charge is 2.26. The minimum Gasteiger partial charge on any atom is -0.359 e. The fourth-order valence-corrected chi connectivity index (χ4v) is 2.78. The number of aliphatic imine (C=N–C) groups is 1. The maximum absolute atomic E-state index is 12.9. The number of thioether (sulfide) groups is 1. The van der Waals surface area contributed by atoms with Gasteiger partial charge in [-0.1, -0.05) is 23.9 Å². The number of amidine groups is 1. The van der Waals surface area contributed by atoms with E-state index in [0.717, 1.165) is 22.9 Å². The van der Waals surface area contributed by atoms with Gasteiger partial charge in [-0.05, 0) is 38.0 Å². The summed E-state index contributed by atoms with van der Waals surface area (Å²) < 4.78 is 12.9. The second-order valence-corrected chi connectivity index (χ2v) is 5.83. The second-order valence-electron chi connectivity index (χ2n) is 4.86. The molecule has 0 aromatic heterocycles. The van der Waals surface area contributed by atoms with Crippen molar-refractivity contribution in [2.24, 2.45) is 4.99 Å². The van der Waals surface area contributed by atoms with Gasteiger partial charge in [-0.2, -0.15) is 0 Å². The molecule has 1 aromatic carbocycles. The van der Waals surface area contributed by atoms with E-state index in [0.29, 0.717) is 6.54 Å². The van der Waals surface area contributed by atoms with Crippen molar-refractivity contribution < 1.29 is 4.39 Å². The fraction of sp³-hybridized carbons (Fsp3) is 0.462. The number of halogens is 1. The second kappa shape index (κ2) is 5.08. The highest BCUT2D eigenvalue weighted by Crippen LogP contribution is 2.21. The van der Waals surface area contributed by atoms with Crippen molar-refractivity contribution in [3.8, 4) is 0 Å². The van der Waals surface area contributed by atoms with Crippen LogP contribution in [-0.4, -0.2) is 23.0 Å². The quantitative estimate of drug-likeness (QED) is 0.894. The van der Waals surface area contributed by atoms with Gasteiger partial charge in [0.1, 0.15) is 5.82 Å². The van der Waals surface area contributed by atoms with Crippen LogP contribution in [0.25, 0.3) is 0 Å². The molecule has 0 unspecified atom stereocenters. The summed E-state index contributed by atoms with van der Waals surface area (Å²) >= 11 is 1.75. The van der Waals surface area contributed by atoms with Crippen LogP contribution in [-0.2, 0) is 6.42 Å². The van der Waals surface area contributed by atoms with E-state index < -0.39 is 0 Å². The van der Waals surface area contributed by atoms with Crippen molar-refractivity contribution in [1.29, 1.82) is 0 Å². The highest BCUT2D eigenvalue weighted by molar-refractivity contribution is 8.14. The normalized spacial score (nSPS) is 20.5. The molecule has 1 saturated heterocycles. The van der Waals surface area contributed by atoms with Gasteiger partial charge in [-0.15, -0.1) is 0 Å². The molecule has 2 rings (SSSR count). The Morgan fingerprint density at radius 1 is 1.47 bits per heavy atom. The van der Waals surface area contributed by atoms with Gasteiger partial charge < -0.3 is 5.32 Å². The van der Waals surface area contributed by atoms with Gasteiger partial charge in [0.2, 0.25) is 0 Å². The molecule has 17 heavy (non-hydrogen) atoms. The Balaban J connectivity index is 1.86. The number of benzene rings is 1. The first-order chi connectivity index (χ1) is 8.05. The summed E-state index contributed by atoms with van der Waals surface area (Å²) in [5.41, 5.74) is 1.14. The lowest BCUT2D eigenvalue weighted by atomic mass is 10.1. The van der Waals surface area contributed by atoms with Crippen LogP contribution in [0.2, 0.25) is 0 Å². The maximum atomic E-state index is 12.9. The molecule has 1 N–H and O–H groups in total. The van der Waals surface area contributed by atoms with E-state index in [9.17, 15) is 4.39 Å². The van der Waals surface area contributed by atoms with E-state index in [1.807, 2.05) is 6.07 Å². The average Bonchev–Trinajstić information content (AvgIpc) is 2.58. The van der Waals surface area contributed by atoms with Crippen LogP contribution in [0.5, 0.6) is 0 Å². The number of rotatable bonds is 3. The van der Waals surface area contributed by atoms with E-state index in [4.69, 9.17) is 0 Å². The number of hydrogen-bond acceptors (Lipinski definition) is 2. The van der Waals surface area contributed by atoms with Crippen molar-refractivity contribution in [1.82, 2.24) is 5.32 Å². The Labute approximate surface area is 106 Å². The number of nitrogens with one attached hydrogen (secondary N) is 1. The van der Waals surface area contributed by atoms with Gasteiger partial charge in [-0.25, -0.2) is 4.39 Å². The van der Waals surface area contributed by atoms with Gasteiger partial charge in [0.05, 0.1) is 0 Å². The molecule has 0 bridgehead atoms. The maximum Gasteiger partial charge on any atom is 0.157 e. The molecule has 4 heteroatoms. The average molecular weight is 252 g/mol. The molecule has 0 saturated carbocycles. The molecule has 2 nitrogen and oxygen atoms in total. The Kier molecular flexibility index (Phi) is 3.72. The standard InChI is InChI=1S/C13H17FN2S/c1-13(2)9-17-12(16-13)15-7-6-10-4-3-5-11(14)8-10/h3-5,8H,6-7,9H2,1-2H3,(H,15,16). The van der Waals surface area contributed by atoms with Crippen LogP contribution in [0.15, 0.2) is 29.3 Å². The molecule has 1 heterocycles. The summed E-state index contributed by atoms with van der Waals surface area (Å²) in [6.45, 7) is 5.03. The van der Waals surface area contributed by atoms with Crippen LogP contribution >= 0.6 is 11.8 Å². The van der Waals surface area contributed by atoms with Crippen LogP contribution in [0, 0.1) is 5.82 Å². The lowest BCUT2D eigenvalue weighted by molar-refractivity contribution is 0.536. The molecule has 0 spiro atoms. The summed E-state index contributed by atoms with van der Waals surface area (Å²) in [6, 6.07) is 6.71. The molecule has 0 amide bonds. The Bertz CT molecular complexity index is 429. The van der Waals surface area contributed by atoms with Crippen molar-refractivity contribution in [3.05, 3.63) is 35.6 Å². The molecule has 1 aromatic rings. The molecule has 1 aliphatic heterocycles. The fourth-order valence-electron chi connectivity index (χ4n) is 1.67. The molecular formula is C13H17FN2S. The predicted octanol–water partition coefficient (Wildman–Crippen LogP) is 2.84. The van der Waals surface area contributed by atoms with Crippen molar-refractivity contribution in [2.45, 2.75) is 25.8 Å². The third-order valence-corrected chi connectivity index (χ3v) is 3.93. The zero-order valence-corrected chi connectivity index (χ0v) is 11.0. The van der Waals surface area contributed by atoms with E-state index in [1.54, 1.807) is 23.9 Å². The summed E-state index contributed by atoms with van der Waals surface area (Å²) in [7, 11) is 0. The third kappa shape index (κ3) is 3.73. The summed E-state index contributed by atoms with van der Waals surface area (Å²) in [6.07, 6.45) is 0.782. The zero-order valence-electron chi connectivity index (χ0n) is 10.2. The molecular weight excluding hydrogens is 235 g/mol. The van der Waals surface area contributed by atoms with Crippen molar-refractivity contribution in [2.75, 3.05) is 12.3 Å². The molecule has 0 aliphatic carbocycles. The summed E-state index contributed by atoms with van der Waals surface area (Å²) in [5, 5.41) is 4.37. The minimum absolute atomic E-state index is 0.141. The molecule has 0 atom stereocenters. The van der Waals surface area contributed by atoms with Crippen LogP contribution in [0.4, 0.5) is 4.39 Å². The Morgan fingerprint density at radius 2 is 2.29 bits per heavy atom.